The van der Waals surface area contributed by atoms with Crippen molar-refractivity contribution in [3.8, 4) is 0 Å². The first-order chi connectivity index (χ1) is 15.1. The topological polar surface area (TPSA) is 104 Å². The summed E-state index contributed by atoms with van der Waals surface area (Å²) < 4.78 is 31.7. The standard InChI is InChI=1S/C19H15ClN4O.C2HF3O2/c20-16-11-21-19-23-15-6-2-4-13(10-15)17(25)8-7-12-3-1-5-14(9-12)22-18(16)24-19;3-2(4,5)1(6)7/h1-6,9-11H,7-8H2,(H2,21,22,23,24);(H,6,7). The van der Waals surface area contributed by atoms with Gasteiger partial charge in [-0.2, -0.15) is 18.2 Å². The molecule has 0 amide bonds. The highest BCUT2D eigenvalue weighted by molar-refractivity contribution is 6.32. The van der Waals surface area contributed by atoms with E-state index in [9.17, 15) is 18.0 Å². The molecule has 1 aromatic heterocycles. The maximum atomic E-state index is 12.5. The van der Waals surface area contributed by atoms with Gasteiger partial charge >= 0.3 is 12.1 Å². The Bertz CT molecular complexity index is 1160. The molecule has 0 spiro atoms. The monoisotopic (exact) mass is 464 g/mol. The van der Waals surface area contributed by atoms with Gasteiger partial charge in [0.2, 0.25) is 5.95 Å². The molecule has 2 heterocycles. The molecular formula is C21H16ClF3N4O3. The summed E-state index contributed by atoms with van der Waals surface area (Å²) in [6.07, 6.45) is -2.41. The predicted molar refractivity (Wildman–Crippen MR) is 113 cm³/mol. The van der Waals surface area contributed by atoms with E-state index in [2.05, 4.69) is 20.6 Å². The Morgan fingerprint density at radius 3 is 2.38 bits per heavy atom. The number of anilines is 4. The molecule has 0 atom stereocenters. The third kappa shape index (κ3) is 6.17. The summed E-state index contributed by atoms with van der Waals surface area (Å²) in [6, 6.07) is 15.2. The number of carboxylic acids is 1. The van der Waals surface area contributed by atoms with Gasteiger partial charge in [-0.3, -0.25) is 4.79 Å². The molecule has 0 saturated heterocycles. The predicted octanol–water partition coefficient (Wildman–Crippen LogP) is 5.38. The van der Waals surface area contributed by atoms with Crippen LogP contribution in [0.1, 0.15) is 22.3 Å². The summed E-state index contributed by atoms with van der Waals surface area (Å²) in [5, 5.41) is 13.9. The Morgan fingerprint density at radius 1 is 1.03 bits per heavy atom. The van der Waals surface area contributed by atoms with E-state index >= 15 is 0 Å². The fourth-order valence-corrected chi connectivity index (χ4v) is 2.90. The molecule has 11 heteroatoms. The Morgan fingerprint density at radius 2 is 1.69 bits per heavy atom. The van der Waals surface area contributed by atoms with Crippen molar-refractivity contribution in [2.45, 2.75) is 19.0 Å². The number of aliphatic carboxylic acids is 1. The van der Waals surface area contributed by atoms with Crippen LogP contribution in [0.5, 0.6) is 0 Å². The second kappa shape index (κ2) is 9.65. The Hall–Kier alpha value is -3.66. The van der Waals surface area contributed by atoms with E-state index in [0.717, 1.165) is 16.9 Å². The van der Waals surface area contributed by atoms with E-state index in [-0.39, 0.29) is 5.78 Å². The Labute approximate surface area is 185 Å². The minimum absolute atomic E-state index is 0.108. The lowest BCUT2D eigenvalue weighted by molar-refractivity contribution is -0.192. The van der Waals surface area contributed by atoms with Crippen molar-refractivity contribution in [1.82, 2.24) is 9.97 Å². The van der Waals surface area contributed by atoms with Gasteiger partial charge in [0.1, 0.15) is 5.02 Å². The molecule has 1 aliphatic rings. The number of carbonyl (C=O) groups excluding carboxylic acids is 1. The third-order valence-corrected chi connectivity index (χ3v) is 4.53. The number of alkyl halides is 3. The zero-order valence-corrected chi connectivity index (χ0v) is 17.0. The van der Waals surface area contributed by atoms with Gasteiger partial charge in [0.25, 0.3) is 0 Å². The molecule has 0 saturated carbocycles. The van der Waals surface area contributed by atoms with Crippen LogP contribution >= 0.6 is 11.6 Å². The number of rotatable bonds is 0. The van der Waals surface area contributed by atoms with Gasteiger partial charge in [0.15, 0.2) is 11.6 Å². The smallest absolute Gasteiger partial charge is 0.475 e. The molecule has 2 aromatic carbocycles. The Kier molecular flexibility index (Phi) is 6.94. The van der Waals surface area contributed by atoms with Crippen LogP contribution in [0.15, 0.2) is 54.7 Å². The molecule has 1 aliphatic heterocycles. The van der Waals surface area contributed by atoms with Crippen molar-refractivity contribution >= 4 is 46.5 Å². The van der Waals surface area contributed by atoms with Crippen LogP contribution in [0.4, 0.5) is 36.3 Å². The van der Waals surface area contributed by atoms with Crippen LogP contribution in [-0.4, -0.2) is 33.0 Å². The first-order valence-electron chi connectivity index (χ1n) is 9.21. The maximum absolute atomic E-state index is 12.5. The highest BCUT2D eigenvalue weighted by Gasteiger charge is 2.38. The summed E-state index contributed by atoms with van der Waals surface area (Å²) in [6.45, 7) is 0. The third-order valence-electron chi connectivity index (χ3n) is 4.26. The SMILES string of the molecule is O=C(O)C(F)(F)F.O=C1CCc2cccc(c2)Nc2nc(ncc2Cl)Nc2cccc1c2. The zero-order chi connectivity index (χ0) is 23.3. The second-order valence-electron chi connectivity index (χ2n) is 6.65. The highest BCUT2D eigenvalue weighted by atomic mass is 35.5. The first kappa shape index (κ1) is 23.0. The van der Waals surface area contributed by atoms with E-state index in [4.69, 9.17) is 21.5 Å². The summed E-state index contributed by atoms with van der Waals surface area (Å²) in [5.41, 5.74) is 3.38. The van der Waals surface area contributed by atoms with E-state index < -0.39 is 12.1 Å². The van der Waals surface area contributed by atoms with Crippen LogP contribution in [0.3, 0.4) is 0 Å². The number of hydrogen-bond donors (Lipinski definition) is 3. The molecule has 166 valence electrons. The van der Waals surface area contributed by atoms with Crippen molar-refractivity contribution in [2.75, 3.05) is 10.6 Å². The summed E-state index contributed by atoms with van der Waals surface area (Å²) in [5.74, 6) is -1.71. The summed E-state index contributed by atoms with van der Waals surface area (Å²) in [4.78, 5) is 30.0. The van der Waals surface area contributed by atoms with Crippen LogP contribution < -0.4 is 10.6 Å². The number of hydrogen-bond acceptors (Lipinski definition) is 6. The number of aromatic nitrogens is 2. The number of benzene rings is 2. The van der Waals surface area contributed by atoms with Crippen LogP contribution in [-0.2, 0) is 11.2 Å². The average Bonchev–Trinajstić information content (AvgIpc) is 2.74. The van der Waals surface area contributed by atoms with Crippen LogP contribution in [0, 0.1) is 0 Å². The quantitative estimate of drug-likeness (QED) is 0.410. The van der Waals surface area contributed by atoms with Crippen molar-refractivity contribution < 1.29 is 27.9 Å². The van der Waals surface area contributed by atoms with Gasteiger partial charge in [0.05, 0.1) is 6.20 Å². The van der Waals surface area contributed by atoms with Gasteiger partial charge < -0.3 is 15.7 Å². The largest absolute Gasteiger partial charge is 0.490 e. The van der Waals surface area contributed by atoms with E-state index in [0.29, 0.717) is 35.2 Å². The average molecular weight is 465 g/mol. The van der Waals surface area contributed by atoms with Crippen LogP contribution in [0.2, 0.25) is 5.02 Å². The van der Waals surface area contributed by atoms with Gasteiger partial charge in [-0.05, 0) is 36.2 Å². The highest BCUT2D eigenvalue weighted by Crippen LogP contribution is 2.26. The van der Waals surface area contributed by atoms with Crippen molar-refractivity contribution in [1.29, 1.82) is 0 Å². The lowest BCUT2D eigenvalue weighted by Crippen LogP contribution is -2.21. The molecule has 0 fully saturated rings. The van der Waals surface area contributed by atoms with E-state index in [1.54, 1.807) is 6.20 Å². The van der Waals surface area contributed by atoms with E-state index in [1.165, 1.54) is 0 Å². The number of ketones is 1. The molecule has 0 unspecified atom stereocenters. The van der Waals surface area contributed by atoms with Crippen molar-refractivity contribution in [3.63, 3.8) is 0 Å². The zero-order valence-electron chi connectivity index (χ0n) is 16.3. The Balaban J connectivity index is 0.000000360. The van der Waals surface area contributed by atoms with E-state index in [1.807, 2.05) is 48.5 Å². The number of aryl methyl sites for hydroxylation is 1. The molecule has 6 bridgehead atoms. The van der Waals surface area contributed by atoms with Crippen LogP contribution in [0.25, 0.3) is 0 Å². The van der Waals surface area contributed by atoms with Gasteiger partial charge in [-0.25, -0.2) is 9.78 Å². The number of nitrogens with zero attached hydrogens (tertiary/aromatic N) is 2. The molecule has 3 aromatic rings. The number of carbonyl (C=O) groups is 2. The number of fused-ring (bicyclic) bond motifs is 6. The van der Waals surface area contributed by atoms with Gasteiger partial charge in [-0.1, -0.05) is 35.9 Å². The maximum Gasteiger partial charge on any atom is 0.490 e. The molecule has 0 radical (unpaired) electrons. The second-order valence-corrected chi connectivity index (χ2v) is 7.05. The molecule has 3 N–H and O–H groups in total. The first-order valence-corrected chi connectivity index (χ1v) is 9.58. The normalized spacial score (nSPS) is 12.9. The number of halogens is 4. The summed E-state index contributed by atoms with van der Waals surface area (Å²) >= 11 is 6.22. The van der Waals surface area contributed by atoms with Gasteiger partial charge in [0, 0.05) is 23.4 Å². The number of carboxylic acid groups (broad SMARTS) is 1. The molecule has 32 heavy (non-hydrogen) atoms. The molecule has 0 aliphatic carbocycles. The number of nitrogens with one attached hydrogen (secondary N) is 2. The van der Waals surface area contributed by atoms with Crippen molar-refractivity contribution in [3.05, 3.63) is 70.9 Å². The lowest BCUT2D eigenvalue weighted by atomic mass is 10.0. The molecule has 4 rings (SSSR count). The number of Topliss-reactive ketones (excluding diaryl/α,β-unsaturated/α-hetero) is 1. The van der Waals surface area contributed by atoms with Crippen molar-refractivity contribution in [2.24, 2.45) is 0 Å². The fraction of sp³-hybridized carbons (Fsp3) is 0.143. The fourth-order valence-electron chi connectivity index (χ4n) is 2.76. The molecule has 7 nitrogen and oxygen atoms in total. The minimum atomic E-state index is -5.08. The minimum Gasteiger partial charge on any atom is -0.475 e. The summed E-state index contributed by atoms with van der Waals surface area (Å²) in [7, 11) is 0. The lowest BCUT2D eigenvalue weighted by Gasteiger charge is -2.13. The van der Waals surface area contributed by atoms with Gasteiger partial charge in [-0.15, -0.1) is 0 Å². The molecular weight excluding hydrogens is 449 g/mol.